The van der Waals surface area contributed by atoms with Crippen LogP contribution in [-0.2, 0) is 9.84 Å². The first kappa shape index (κ1) is 15.6. The van der Waals surface area contributed by atoms with Crippen LogP contribution in [0.25, 0.3) is 0 Å². The van der Waals surface area contributed by atoms with E-state index in [-0.39, 0.29) is 16.5 Å². The third-order valence-electron chi connectivity index (χ3n) is 3.73. The average Bonchev–Trinajstić information content (AvgIpc) is 2.71. The van der Waals surface area contributed by atoms with Gasteiger partial charge in [-0.25, -0.2) is 8.42 Å². The molecule has 1 fully saturated rings. The molecule has 5 nitrogen and oxygen atoms in total. The molecule has 114 valence electrons. The van der Waals surface area contributed by atoms with Gasteiger partial charge in [0.15, 0.2) is 15.7 Å². The van der Waals surface area contributed by atoms with Gasteiger partial charge in [-0.15, -0.1) is 0 Å². The van der Waals surface area contributed by atoms with Crippen LogP contribution in [0.2, 0.25) is 0 Å². The number of hydrogen-bond acceptors (Lipinski definition) is 6. The van der Waals surface area contributed by atoms with Crippen LogP contribution in [0, 0.1) is 5.92 Å². The van der Waals surface area contributed by atoms with E-state index in [0.29, 0.717) is 23.4 Å². The van der Waals surface area contributed by atoms with E-state index in [1.54, 1.807) is 0 Å². The van der Waals surface area contributed by atoms with Crippen molar-refractivity contribution in [2.24, 2.45) is 5.92 Å². The topological polar surface area (TPSA) is 85.1 Å². The summed E-state index contributed by atoms with van der Waals surface area (Å²) in [6, 6.07) is 0.328. The van der Waals surface area contributed by atoms with Gasteiger partial charge in [0.05, 0.1) is 5.75 Å². The maximum atomic E-state index is 12.3. The van der Waals surface area contributed by atoms with Crippen molar-refractivity contribution in [1.29, 1.82) is 0 Å². The Morgan fingerprint density at radius 3 is 2.85 bits per heavy atom. The fourth-order valence-corrected chi connectivity index (χ4v) is 5.49. The lowest BCUT2D eigenvalue weighted by Gasteiger charge is -2.27. The van der Waals surface area contributed by atoms with Gasteiger partial charge in [0.1, 0.15) is 9.90 Å². The van der Waals surface area contributed by atoms with Crippen molar-refractivity contribution in [2.75, 3.05) is 16.8 Å². The van der Waals surface area contributed by atoms with Crippen LogP contribution < -0.4 is 11.1 Å². The Hall–Kier alpha value is -0.820. The average molecular weight is 317 g/mol. The number of sulfone groups is 1. The van der Waals surface area contributed by atoms with Crippen LogP contribution >= 0.6 is 11.5 Å². The van der Waals surface area contributed by atoms with E-state index in [0.717, 1.165) is 24.4 Å². The molecule has 0 bridgehead atoms. The van der Waals surface area contributed by atoms with Crippen molar-refractivity contribution in [3.8, 4) is 0 Å². The van der Waals surface area contributed by atoms with Crippen LogP contribution in [0.1, 0.15) is 46.0 Å². The first-order valence-corrected chi connectivity index (χ1v) is 9.61. The van der Waals surface area contributed by atoms with E-state index in [2.05, 4.69) is 16.6 Å². The number of nitrogen functional groups attached to an aromatic ring is 1. The standard InChI is InChI=1S/C13H23N3O2S2/c1-3-7-20(17,18)11-12(14)16-19-13(11)15-10-6-4-5-9(2)8-10/h9-10,15H,3-8H2,1-2H3,(H2,14,16). The van der Waals surface area contributed by atoms with Crippen molar-refractivity contribution in [1.82, 2.24) is 4.37 Å². The van der Waals surface area contributed by atoms with Crippen LogP contribution in [0.3, 0.4) is 0 Å². The molecule has 7 heteroatoms. The fourth-order valence-electron chi connectivity index (χ4n) is 2.81. The third kappa shape index (κ3) is 3.44. The second-order valence-electron chi connectivity index (χ2n) is 5.66. The molecule has 0 spiro atoms. The first-order valence-electron chi connectivity index (χ1n) is 7.18. The van der Waals surface area contributed by atoms with Crippen molar-refractivity contribution in [3.05, 3.63) is 0 Å². The molecule has 20 heavy (non-hydrogen) atoms. The molecule has 0 radical (unpaired) electrons. The molecular weight excluding hydrogens is 294 g/mol. The third-order valence-corrected chi connectivity index (χ3v) is 6.63. The van der Waals surface area contributed by atoms with Gasteiger partial charge < -0.3 is 11.1 Å². The highest BCUT2D eigenvalue weighted by molar-refractivity contribution is 7.91. The zero-order valence-corrected chi connectivity index (χ0v) is 13.7. The molecule has 2 rings (SSSR count). The maximum Gasteiger partial charge on any atom is 0.185 e. The summed E-state index contributed by atoms with van der Waals surface area (Å²) in [6.07, 6.45) is 5.17. The van der Waals surface area contributed by atoms with Crippen LogP contribution in [0.15, 0.2) is 4.90 Å². The molecular formula is C13H23N3O2S2. The monoisotopic (exact) mass is 317 g/mol. The van der Waals surface area contributed by atoms with Crippen molar-refractivity contribution in [2.45, 2.75) is 56.9 Å². The van der Waals surface area contributed by atoms with E-state index in [9.17, 15) is 8.42 Å². The predicted octanol–water partition coefficient (Wildman–Crippen LogP) is 2.90. The zero-order chi connectivity index (χ0) is 14.8. The Balaban J connectivity index is 2.21. The summed E-state index contributed by atoms with van der Waals surface area (Å²) in [5.41, 5.74) is 5.77. The number of nitrogens with one attached hydrogen (secondary N) is 1. The van der Waals surface area contributed by atoms with Crippen LogP contribution in [0.4, 0.5) is 10.8 Å². The highest BCUT2D eigenvalue weighted by Gasteiger charge is 2.27. The Labute approximate surface area is 125 Å². The maximum absolute atomic E-state index is 12.3. The van der Waals surface area contributed by atoms with Gasteiger partial charge in [0.25, 0.3) is 0 Å². The number of nitrogens with two attached hydrogens (primary N) is 1. The molecule has 1 heterocycles. The lowest BCUT2D eigenvalue weighted by atomic mass is 9.87. The summed E-state index contributed by atoms with van der Waals surface area (Å²) in [4.78, 5) is 0.211. The largest absolute Gasteiger partial charge is 0.382 e. The van der Waals surface area contributed by atoms with E-state index in [1.807, 2.05) is 6.92 Å². The fraction of sp³-hybridized carbons (Fsp3) is 0.769. The number of aromatic nitrogens is 1. The van der Waals surface area contributed by atoms with Crippen LogP contribution in [0.5, 0.6) is 0 Å². The normalized spacial score (nSPS) is 23.7. The summed E-state index contributed by atoms with van der Waals surface area (Å²) in [5, 5.41) is 3.98. The van der Waals surface area contributed by atoms with Gasteiger partial charge in [-0.2, -0.15) is 4.37 Å². The molecule has 1 aromatic heterocycles. The minimum Gasteiger partial charge on any atom is -0.382 e. The van der Waals surface area contributed by atoms with Gasteiger partial charge in [0, 0.05) is 6.04 Å². The number of hydrogen-bond donors (Lipinski definition) is 2. The lowest BCUT2D eigenvalue weighted by molar-refractivity contribution is 0.359. The summed E-state index contributed by atoms with van der Waals surface area (Å²) in [5.74, 6) is 0.933. The Bertz CT molecular complexity index is 554. The molecule has 0 saturated heterocycles. The predicted molar refractivity (Wildman–Crippen MR) is 83.9 cm³/mol. The van der Waals surface area contributed by atoms with Gasteiger partial charge in [0.2, 0.25) is 0 Å². The molecule has 0 amide bonds. The smallest absolute Gasteiger partial charge is 0.185 e. The molecule has 0 aromatic carbocycles. The minimum absolute atomic E-state index is 0.116. The molecule has 3 N–H and O–H groups in total. The summed E-state index contributed by atoms with van der Waals surface area (Å²) < 4.78 is 28.6. The second-order valence-corrected chi connectivity index (χ2v) is 8.48. The van der Waals surface area contributed by atoms with E-state index in [1.165, 1.54) is 12.8 Å². The summed E-state index contributed by atoms with van der Waals surface area (Å²) >= 11 is 1.16. The Morgan fingerprint density at radius 1 is 1.45 bits per heavy atom. The van der Waals surface area contributed by atoms with Gasteiger partial charge >= 0.3 is 0 Å². The molecule has 1 aromatic rings. The number of anilines is 2. The van der Waals surface area contributed by atoms with Gasteiger partial charge in [-0.3, -0.25) is 0 Å². The van der Waals surface area contributed by atoms with E-state index >= 15 is 0 Å². The molecule has 1 saturated carbocycles. The number of nitrogens with zero attached hydrogens (tertiary/aromatic N) is 1. The first-order chi connectivity index (χ1) is 9.44. The molecule has 1 aliphatic rings. The van der Waals surface area contributed by atoms with Crippen molar-refractivity contribution >= 4 is 32.2 Å². The molecule has 0 aliphatic heterocycles. The SMILES string of the molecule is CCCS(=O)(=O)c1c(N)nsc1NC1CCCC(C)C1. The van der Waals surface area contributed by atoms with Crippen LogP contribution in [-0.4, -0.2) is 24.6 Å². The Morgan fingerprint density at radius 2 is 2.20 bits per heavy atom. The molecule has 1 aliphatic carbocycles. The number of rotatable bonds is 5. The molecule has 2 atom stereocenters. The zero-order valence-electron chi connectivity index (χ0n) is 12.1. The quantitative estimate of drug-likeness (QED) is 0.872. The van der Waals surface area contributed by atoms with E-state index in [4.69, 9.17) is 5.73 Å². The highest BCUT2D eigenvalue weighted by atomic mass is 32.2. The van der Waals surface area contributed by atoms with Crippen molar-refractivity contribution in [3.63, 3.8) is 0 Å². The van der Waals surface area contributed by atoms with Gasteiger partial charge in [-0.05, 0) is 36.7 Å². The highest BCUT2D eigenvalue weighted by Crippen LogP contribution is 2.35. The Kier molecular flexibility index (Phi) is 4.90. The molecule has 2 unspecified atom stereocenters. The van der Waals surface area contributed by atoms with Crippen molar-refractivity contribution < 1.29 is 8.42 Å². The minimum atomic E-state index is -3.33. The lowest BCUT2D eigenvalue weighted by Crippen LogP contribution is -2.26. The second kappa shape index (κ2) is 6.30. The summed E-state index contributed by atoms with van der Waals surface area (Å²) in [7, 11) is -3.33. The summed E-state index contributed by atoms with van der Waals surface area (Å²) in [6.45, 7) is 4.09. The van der Waals surface area contributed by atoms with Gasteiger partial charge in [-0.1, -0.05) is 26.7 Å². The van der Waals surface area contributed by atoms with E-state index < -0.39 is 9.84 Å².